The van der Waals surface area contributed by atoms with E-state index in [0.717, 1.165) is 12.8 Å². The summed E-state index contributed by atoms with van der Waals surface area (Å²) in [6.45, 7) is -0.589. The number of esters is 1. The third kappa shape index (κ3) is 4.85. The van der Waals surface area contributed by atoms with Crippen LogP contribution in [0.25, 0.3) is 0 Å². The average Bonchev–Trinajstić information content (AvgIpc) is 2.78. The van der Waals surface area contributed by atoms with Crippen LogP contribution in [-0.2, 0) is 24.7 Å². The summed E-state index contributed by atoms with van der Waals surface area (Å²) >= 11 is 6.41. The Balaban J connectivity index is 1.70. The number of benzene rings is 1. The maximum atomic E-state index is 13.1. The molecule has 3 rings (SSSR count). The SMILES string of the molecule is CN(CC(=O)OCC(=O)N(C)[C@]1(c2ccccc2Cl)CCCCC1=O)c1ncccn1. The number of ketones is 1. The quantitative estimate of drug-likeness (QED) is 0.606. The minimum atomic E-state index is -1.16. The average molecular weight is 445 g/mol. The van der Waals surface area contributed by atoms with Gasteiger partial charge in [0.2, 0.25) is 5.95 Å². The Hall–Kier alpha value is -3.00. The maximum Gasteiger partial charge on any atom is 0.326 e. The van der Waals surface area contributed by atoms with E-state index in [2.05, 4.69) is 9.97 Å². The van der Waals surface area contributed by atoms with Crippen LogP contribution in [0.1, 0.15) is 31.2 Å². The first-order chi connectivity index (χ1) is 14.9. The molecular formula is C22H25ClN4O4. The number of ether oxygens (including phenoxy) is 1. The molecular weight excluding hydrogens is 420 g/mol. The third-order valence-corrected chi connectivity index (χ3v) is 5.87. The summed E-state index contributed by atoms with van der Waals surface area (Å²) in [7, 11) is 3.21. The van der Waals surface area contributed by atoms with Crippen molar-refractivity contribution in [2.75, 3.05) is 32.1 Å². The van der Waals surface area contributed by atoms with Crippen LogP contribution in [0.5, 0.6) is 0 Å². The number of Topliss-reactive ketones (excluding diaryl/α,β-unsaturated/α-hetero) is 1. The van der Waals surface area contributed by atoms with Gasteiger partial charge in [-0.15, -0.1) is 0 Å². The summed E-state index contributed by atoms with van der Waals surface area (Å²) < 4.78 is 5.18. The highest BCUT2D eigenvalue weighted by Crippen LogP contribution is 2.42. The molecule has 1 fully saturated rings. The largest absolute Gasteiger partial charge is 0.454 e. The number of carbonyl (C=O) groups is 3. The predicted octanol–water partition coefficient (Wildman–Crippen LogP) is 2.61. The molecule has 1 atom stereocenters. The van der Waals surface area contributed by atoms with E-state index in [1.807, 2.05) is 0 Å². The summed E-state index contributed by atoms with van der Waals surface area (Å²) in [5.41, 5.74) is -0.557. The van der Waals surface area contributed by atoms with Crippen molar-refractivity contribution in [1.29, 1.82) is 0 Å². The molecule has 0 unspecified atom stereocenters. The second-order valence-electron chi connectivity index (χ2n) is 7.49. The molecule has 1 aliphatic carbocycles. The zero-order valence-corrected chi connectivity index (χ0v) is 18.3. The third-order valence-electron chi connectivity index (χ3n) is 5.54. The van der Waals surface area contributed by atoms with E-state index in [1.54, 1.807) is 56.8 Å². The second kappa shape index (κ2) is 9.87. The van der Waals surface area contributed by atoms with Crippen molar-refractivity contribution >= 4 is 35.2 Å². The maximum absolute atomic E-state index is 13.1. The molecule has 1 saturated carbocycles. The molecule has 1 heterocycles. The van der Waals surface area contributed by atoms with E-state index in [9.17, 15) is 14.4 Å². The van der Waals surface area contributed by atoms with Gasteiger partial charge in [-0.25, -0.2) is 9.97 Å². The van der Waals surface area contributed by atoms with Gasteiger partial charge >= 0.3 is 5.97 Å². The molecule has 0 saturated heterocycles. The van der Waals surface area contributed by atoms with Crippen molar-refractivity contribution in [2.45, 2.75) is 31.2 Å². The Kier molecular flexibility index (Phi) is 7.22. The van der Waals surface area contributed by atoms with Gasteiger partial charge in [0.05, 0.1) is 0 Å². The molecule has 1 aliphatic rings. The fourth-order valence-corrected chi connectivity index (χ4v) is 4.17. The van der Waals surface area contributed by atoms with Gasteiger partial charge in [0, 0.05) is 43.5 Å². The van der Waals surface area contributed by atoms with Crippen LogP contribution in [0, 0.1) is 0 Å². The van der Waals surface area contributed by atoms with Gasteiger partial charge in [-0.3, -0.25) is 14.4 Å². The summed E-state index contributed by atoms with van der Waals surface area (Å²) in [5.74, 6) is -0.760. The lowest BCUT2D eigenvalue weighted by atomic mass is 9.74. The van der Waals surface area contributed by atoms with Gasteiger partial charge < -0.3 is 14.5 Å². The van der Waals surface area contributed by atoms with Crippen molar-refractivity contribution in [3.8, 4) is 0 Å². The van der Waals surface area contributed by atoms with E-state index in [1.165, 1.54) is 9.80 Å². The topological polar surface area (TPSA) is 92.7 Å². The lowest BCUT2D eigenvalue weighted by Gasteiger charge is -2.43. The smallest absolute Gasteiger partial charge is 0.326 e. The molecule has 0 radical (unpaired) electrons. The monoisotopic (exact) mass is 444 g/mol. The van der Waals surface area contributed by atoms with Gasteiger partial charge in [0.1, 0.15) is 12.1 Å². The molecule has 0 N–H and O–H groups in total. The molecule has 1 amide bonds. The first kappa shape index (κ1) is 22.7. The fraction of sp³-hybridized carbons (Fsp3) is 0.409. The molecule has 1 aromatic heterocycles. The Morgan fingerprint density at radius 3 is 2.52 bits per heavy atom. The second-order valence-corrected chi connectivity index (χ2v) is 7.90. The van der Waals surface area contributed by atoms with Gasteiger partial charge in [-0.1, -0.05) is 29.8 Å². The van der Waals surface area contributed by atoms with Crippen molar-refractivity contribution in [3.63, 3.8) is 0 Å². The number of aromatic nitrogens is 2. The zero-order chi connectivity index (χ0) is 22.4. The number of hydrogen-bond acceptors (Lipinski definition) is 7. The normalized spacial score (nSPS) is 18.4. The number of halogens is 1. The first-order valence-electron chi connectivity index (χ1n) is 10.0. The van der Waals surface area contributed by atoms with Crippen molar-refractivity contribution < 1.29 is 19.1 Å². The highest BCUT2D eigenvalue weighted by molar-refractivity contribution is 6.31. The summed E-state index contributed by atoms with van der Waals surface area (Å²) in [5, 5.41) is 0.430. The van der Waals surface area contributed by atoms with Crippen LogP contribution in [0.15, 0.2) is 42.7 Å². The van der Waals surface area contributed by atoms with Crippen LogP contribution in [0.3, 0.4) is 0 Å². The Labute approximate surface area is 186 Å². The highest BCUT2D eigenvalue weighted by atomic mass is 35.5. The van der Waals surface area contributed by atoms with E-state index < -0.39 is 24.0 Å². The number of nitrogens with zero attached hydrogens (tertiary/aromatic N) is 4. The number of amides is 1. The summed E-state index contributed by atoms with van der Waals surface area (Å²) in [6.07, 6.45) is 5.53. The van der Waals surface area contributed by atoms with Crippen LogP contribution in [-0.4, -0.2) is 59.8 Å². The predicted molar refractivity (Wildman–Crippen MR) is 116 cm³/mol. The van der Waals surface area contributed by atoms with E-state index in [0.29, 0.717) is 29.4 Å². The highest BCUT2D eigenvalue weighted by Gasteiger charge is 2.48. The summed E-state index contributed by atoms with van der Waals surface area (Å²) in [6, 6.07) is 8.73. The number of rotatable bonds is 7. The molecule has 31 heavy (non-hydrogen) atoms. The zero-order valence-electron chi connectivity index (χ0n) is 17.6. The minimum absolute atomic E-state index is 0.0602. The van der Waals surface area contributed by atoms with Gasteiger partial charge in [-0.05, 0) is 31.4 Å². The summed E-state index contributed by atoms with van der Waals surface area (Å²) in [4.78, 5) is 49.3. The van der Waals surface area contributed by atoms with Crippen molar-refractivity contribution in [3.05, 3.63) is 53.3 Å². The van der Waals surface area contributed by atoms with Crippen LogP contribution in [0.2, 0.25) is 5.02 Å². The molecule has 1 aromatic carbocycles. The Bertz CT molecular complexity index is 956. The molecule has 9 heteroatoms. The number of carbonyl (C=O) groups excluding carboxylic acids is 3. The van der Waals surface area contributed by atoms with E-state index in [-0.39, 0.29) is 12.3 Å². The van der Waals surface area contributed by atoms with E-state index >= 15 is 0 Å². The lowest BCUT2D eigenvalue weighted by Crippen LogP contribution is -2.55. The lowest BCUT2D eigenvalue weighted by molar-refractivity contribution is -0.156. The fourth-order valence-electron chi connectivity index (χ4n) is 3.88. The van der Waals surface area contributed by atoms with E-state index in [4.69, 9.17) is 16.3 Å². The van der Waals surface area contributed by atoms with Gasteiger partial charge in [-0.2, -0.15) is 0 Å². The molecule has 8 nitrogen and oxygen atoms in total. The Morgan fingerprint density at radius 1 is 1.13 bits per heavy atom. The van der Waals surface area contributed by atoms with Crippen LogP contribution in [0.4, 0.5) is 5.95 Å². The van der Waals surface area contributed by atoms with Crippen molar-refractivity contribution in [1.82, 2.24) is 14.9 Å². The van der Waals surface area contributed by atoms with Gasteiger partial charge in [0.25, 0.3) is 5.91 Å². The first-order valence-corrected chi connectivity index (χ1v) is 10.4. The number of likely N-dealkylation sites (N-methyl/N-ethyl adjacent to an activating group) is 2. The molecule has 0 spiro atoms. The molecule has 0 bridgehead atoms. The standard InChI is InChI=1S/C22H25ClN4O4/c1-26(21-24-12-7-13-25-21)14-20(30)31-15-19(29)27(2)22(11-6-5-10-18(22)28)16-8-3-4-9-17(16)23/h3-4,7-9,12-13H,5-6,10-11,14-15H2,1-2H3/t22-/m0/s1. The van der Waals surface area contributed by atoms with Crippen LogP contribution >= 0.6 is 11.6 Å². The molecule has 2 aromatic rings. The number of hydrogen-bond donors (Lipinski definition) is 0. The van der Waals surface area contributed by atoms with Crippen LogP contribution < -0.4 is 4.90 Å². The Morgan fingerprint density at radius 2 is 1.84 bits per heavy atom. The van der Waals surface area contributed by atoms with Crippen molar-refractivity contribution in [2.24, 2.45) is 0 Å². The van der Waals surface area contributed by atoms with Gasteiger partial charge in [0.15, 0.2) is 12.4 Å². The minimum Gasteiger partial charge on any atom is -0.454 e. The molecule has 164 valence electrons. The number of anilines is 1. The molecule has 0 aliphatic heterocycles.